The van der Waals surface area contributed by atoms with Gasteiger partial charge in [0.25, 0.3) is 0 Å². The van der Waals surface area contributed by atoms with Crippen molar-refractivity contribution in [2.24, 2.45) is 0 Å². The highest BCUT2D eigenvalue weighted by Gasteiger charge is 2.31. The Morgan fingerprint density at radius 3 is 2.50 bits per heavy atom. The van der Waals surface area contributed by atoms with Crippen LogP contribution >= 0.6 is 0 Å². The average Bonchev–Trinajstić information content (AvgIpc) is 2.88. The zero-order chi connectivity index (χ0) is 27.6. The number of amides is 1. The average molecular weight is 524 g/mol. The number of fused-ring (bicyclic) bond motifs is 3. The molecule has 2 aromatic carbocycles. The summed E-state index contributed by atoms with van der Waals surface area (Å²) in [5.41, 5.74) is 1.58. The number of rotatable bonds is 8. The van der Waals surface area contributed by atoms with Gasteiger partial charge in [-0.15, -0.1) is 0 Å². The third-order valence-corrected chi connectivity index (χ3v) is 6.69. The van der Waals surface area contributed by atoms with Gasteiger partial charge >= 0.3 is 11.6 Å². The summed E-state index contributed by atoms with van der Waals surface area (Å²) in [5, 5.41) is 3.43. The van der Waals surface area contributed by atoms with Crippen LogP contribution in [0.5, 0.6) is 17.2 Å². The molecule has 1 aliphatic heterocycles. The molecule has 0 saturated heterocycles. The first-order valence-corrected chi connectivity index (χ1v) is 12.5. The number of hydrogen-bond donors (Lipinski definition) is 1. The first-order chi connectivity index (χ1) is 18.0. The van der Waals surface area contributed by atoms with Crippen LogP contribution < -0.4 is 25.2 Å². The second-order valence-electron chi connectivity index (χ2n) is 10.1. The van der Waals surface area contributed by atoms with Crippen LogP contribution in [0.2, 0.25) is 0 Å². The molecule has 1 atom stereocenters. The number of nitrogens with one attached hydrogen (secondary N) is 1. The van der Waals surface area contributed by atoms with Crippen molar-refractivity contribution >= 4 is 22.8 Å². The standard InChI is InChI=1S/C29H33NO8/c1-16(15-36-27(32)18-7-9-19(34-5)10-8-18)30-24(31)13-21-17(2)25-23(35-6)14-22-20(26(25)37-28(21)33)11-12-29(3,4)38-22/h7-10,14,16H,11-13,15H2,1-6H3,(H,30,31)/t16-/m1/s1. The Bertz CT molecular complexity index is 1420. The lowest BCUT2D eigenvalue weighted by molar-refractivity contribution is -0.121. The second kappa shape index (κ2) is 10.8. The molecule has 0 bridgehead atoms. The van der Waals surface area contributed by atoms with Gasteiger partial charge in [-0.1, -0.05) is 0 Å². The highest BCUT2D eigenvalue weighted by atomic mass is 16.5. The van der Waals surface area contributed by atoms with Crippen LogP contribution in [0.25, 0.3) is 11.0 Å². The van der Waals surface area contributed by atoms with Crippen LogP contribution in [0.15, 0.2) is 39.5 Å². The number of hydrogen-bond acceptors (Lipinski definition) is 8. The Morgan fingerprint density at radius 1 is 1.13 bits per heavy atom. The molecule has 0 aliphatic carbocycles. The maximum atomic E-state index is 13.0. The van der Waals surface area contributed by atoms with E-state index in [2.05, 4.69) is 5.32 Å². The van der Waals surface area contributed by atoms with Gasteiger partial charge < -0.3 is 28.7 Å². The van der Waals surface area contributed by atoms with Crippen molar-refractivity contribution < 1.29 is 33.0 Å². The van der Waals surface area contributed by atoms with E-state index in [4.69, 9.17) is 23.4 Å². The normalized spacial score (nSPS) is 14.7. The van der Waals surface area contributed by atoms with Gasteiger partial charge in [0.05, 0.1) is 43.2 Å². The van der Waals surface area contributed by atoms with E-state index in [9.17, 15) is 14.4 Å². The van der Waals surface area contributed by atoms with E-state index in [1.807, 2.05) is 19.9 Å². The lowest BCUT2D eigenvalue weighted by atomic mass is 9.91. The molecule has 0 saturated carbocycles. The van der Waals surface area contributed by atoms with Crippen molar-refractivity contribution in [1.82, 2.24) is 5.32 Å². The number of benzene rings is 2. The molecule has 2 heterocycles. The number of ether oxygens (including phenoxy) is 4. The minimum atomic E-state index is -0.580. The third kappa shape index (κ3) is 5.61. The maximum absolute atomic E-state index is 13.0. The Morgan fingerprint density at radius 2 is 1.84 bits per heavy atom. The van der Waals surface area contributed by atoms with Gasteiger partial charge in [0.15, 0.2) is 0 Å². The first-order valence-electron chi connectivity index (χ1n) is 12.5. The van der Waals surface area contributed by atoms with Crippen molar-refractivity contribution in [1.29, 1.82) is 0 Å². The number of carbonyl (C=O) groups excluding carboxylic acids is 2. The van der Waals surface area contributed by atoms with Gasteiger partial charge in [-0.3, -0.25) is 4.79 Å². The monoisotopic (exact) mass is 523 g/mol. The van der Waals surface area contributed by atoms with Crippen LogP contribution in [0.3, 0.4) is 0 Å². The van der Waals surface area contributed by atoms with Crippen LogP contribution in [-0.2, 0) is 22.4 Å². The minimum Gasteiger partial charge on any atom is -0.497 e. The summed E-state index contributed by atoms with van der Waals surface area (Å²) in [5.74, 6) is 0.873. The fourth-order valence-corrected chi connectivity index (χ4v) is 4.59. The van der Waals surface area contributed by atoms with Crippen molar-refractivity contribution in [3.63, 3.8) is 0 Å². The smallest absolute Gasteiger partial charge is 0.340 e. The van der Waals surface area contributed by atoms with Gasteiger partial charge in [-0.25, -0.2) is 9.59 Å². The molecule has 1 amide bonds. The molecular formula is C29H33NO8. The van der Waals surface area contributed by atoms with Crippen molar-refractivity contribution in [3.8, 4) is 17.2 Å². The topological polar surface area (TPSA) is 113 Å². The van der Waals surface area contributed by atoms with Gasteiger partial charge in [-0.05, 0) is 70.4 Å². The molecule has 1 N–H and O–H groups in total. The third-order valence-electron chi connectivity index (χ3n) is 6.69. The van der Waals surface area contributed by atoms with Crippen LogP contribution in [0.1, 0.15) is 54.2 Å². The minimum absolute atomic E-state index is 0.0295. The zero-order valence-electron chi connectivity index (χ0n) is 22.6. The second-order valence-corrected chi connectivity index (χ2v) is 10.1. The molecule has 4 rings (SSSR count). The van der Waals surface area contributed by atoms with E-state index < -0.39 is 23.5 Å². The lowest BCUT2D eigenvalue weighted by Crippen LogP contribution is -2.38. The summed E-state index contributed by atoms with van der Waals surface area (Å²) in [6.07, 6.45) is 1.28. The first kappa shape index (κ1) is 27.0. The molecule has 0 unspecified atom stereocenters. The van der Waals surface area contributed by atoms with Crippen LogP contribution in [0.4, 0.5) is 0 Å². The van der Waals surface area contributed by atoms with E-state index in [0.29, 0.717) is 45.8 Å². The zero-order valence-corrected chi connectivity index (χ0v) is 22.6. The predicted octanol–water partition coefficient (Wildman–Crippen LogP) is 4.13. The Hall–Kier alpha value is -4.01. The Balaban J connectivity index is 1.48. The van der Waals surface area contributed by atoms with Crippen LogP contribution in [-0.4, -0.2) is 44.3 Å². The van der Waals surface area contributed by atoms with Crippen molar-refractivity contribution in [3.05, 3.63) is 63.0 Å². The van der Waals surface area contributed by atoms with Gasteiger partial charge in [0.1, 0.15) is 35.0 Å². The van der Waals surface area contributed by atoms with E-state index >= 15 is 0 Å². The lowest BCUT2D eigenvalue weighted by Gasteiger charge is -2.33. The van der Waals surface area contributed by atoms with Gasteiger partial charge in [0.2, 0.25) is 5.91 Å². The summed E-state index contributed by atoms with van der Waals surface area (Å²) in [6.45, 7) is 7.49. The van der Waals surface area contributed by atoms with Crippen LogP contribution in [0, 0.1) is 6.92 Å². The predicted molar refractivity (Wildman–Crippen MR) is 141 cm³/mol. The van der Waals surface area contributed by atoms with Crippen molar-refractivity contribution in [2.45, 2.75) is 58.6 Å². The molecular weight excluding hydrogens is 490 g/mol. The van der Waals surface area contributed by atoms with E-state index in [-0.39, 0.29) is 24.2 Å². The SMILES string of the molecule is COc1ccc(C(=O)OC[C@@H](C)NC(=O)Cc2c(C)c3c(OC)cc4c(c3oc2=O)CCC(C)(C)O4)cc1. The highest BCUT2D eigenvalue weighted by Crippen LogP contribution is 2.43. The summed E-state index contributed by atoms with van der Waals surface area (Å²) in [7, 11) is 3.08. The van der Waals surface area contributed by atoms with Gasteiger partial charge in [-0.2, -0.15) is 0 Å². The largest absolute Gasteiger partial charge is 0.497 e. The number of aryl methyl sites for hydroxylation is 2. The number of methoxy groups -OCH3 is 2. The van der Waals surface area contributed by atoms with E-state index in [0.717, 1.165) is 12.0 Å². The number of carbonyl (C=O) groups is 2. The molecule has 9 heteroatoms. The Labute approximate surface area is 221 Å². The summed E-state index contributed by atoms with van der Waals surface area (Å²) < 4.78 is 27.9. The summed E-state index contributed by atoms with van der Waals surface area (Å²) >= 11 is 0. The highest BCUT2D eigenvalue weighted by molar-refractivity contribution is 5.93. The van der Waals surface area contributed by atoms with E-state index in [1.165, 1.54) is 0 Å². The maximum Gasteiger partial charge on any atom is 0.340 e. The fourth-order valence-electron chi connectivity index (χ4n) is 4.59. The molecule has 202 valence electrons. The van der Waals surface area contributed by atoms with Crippen molar-refractivity contribution in [2.75, 3.05) is 20.8 Å². The quantitative estimate of drug-likeness (QED) is 0.346. The number of esters is 1. The molecule has 3 aromatic rings. The molecule has 1 aliphatic rings. The van der Waals surface area contributed by atoms with Gasteiger partial charge in [0, 0.05) is 11.6 Å². The summed E-state index contributed by atoms with van der Waals surface area (Å²) in [6, 6.07) is 7.87. The molecule has 0 fully saturated rings. The molecule has 1 aromatic heterocycles. The molecule has 0 spiro atoms. The fraction of sp³-hybridized carbons (Fsp3) is 0.414. The van der Waals surface area contributed by atoms with E-state index in [1.54, 1.807) is 52.3 Å². The summed E-state index contributed by atoms with van der Waals surface area (Å²) in [4.78, 5) is 38.1. The molecule has 0 radical (unpaired) electrons. The molecule has 38 heavy (non-hydrogen) atoms. The Kier molecular flexibility index (Phi) is 7.66. The molecule has 9 nitrogen and oxygen atoms in total.